The lowest BCUT2D eigenvalue weighted by Crippen LogP contribution is -2.04. The van der Waals surface area contributed by atoms with Crippen LogP contribution in [0.5, 0.6) is 11.6 Å². The van der Waals surface area contributed by atoms with Crippen molar-refractivity contribution in [1.82, 2.24) is 4.98 Å². The SMILES string of the molecule is [NH-]c1ccc(Oc2ccc(C(F)(F)F)cc2)nc1.c1cc2cccc3ccccc3c-2c1. The molecule has 0 fully saturated rings. The maximum atomic E-state index is 12.3. The number of fused-ring (bicyclic) bond motifs is 3. The van der Waals surface area contributed by atoms with Crippen LogP contribution in [-0.2, 0) is 6.18 Å². The molecule has 1 heterocycles. The van der Waals surface area contributed by atoms with Gasteiger partial charge in [0.25, 0.3) is 0 Å². The van der Waals surface area contributed by atoms with Crippen LogP contribution in [0.1, 0.15) is 5.56 Å². The Hall–Kier alpha value is -4.06. The first-order valence-electron chi connectivity index (χ1n) is 9.79. The molecule has 0 unspecified atom stereocenters. The monoisotopic (exact) mass is 431 g/mol. The number of alkyl halides is 3. The highest BCUT2D eigenvalue weighted by Crippen LogP contribution is 2.31. The number of hydrogen-bond donors (Lipinski definition) is 0. The van der Waals surface area contributed by atoms with Crippen molar-refractivity contribution in [2.24, 2.45) is 0 Å². The summed E-state index contributed by atoms with van der Waals surface area (Å²) in [6, 6.07) is 28.7. The molecule has 2 aliphatic rings. The van der Waals surface area contributed by atoms with E-state index in [9.17, 15) is 13.2 Å². The first kappa shape index (κ1) is 21.2. The number of ether oxygens (including phenoxy) is 1. The van der Waals surface area contributed by atoms with Crippen LogP contribution in [0.2, 0.25) is 0 Å². The Labute approximate surface area is 183 Å². The number of nitrogens with one attached hydrogen (secondary N) is 1. The molecule has 3 aromatic rings. The van der Waals surface area contributed by atoms with Crippen LogP contribution in [0.25, 0.3) is 27.6 Å². The molecule has 2 aliphatic carbocycles. The molecule has 0 aliphatic heterocycles. The van der Waals surface area contributed by atoms with Gasteiger partial charge < -0.3 is 10.5 Å². The summed E-state index contributed by atoms with van der Waals surface area (Å²) in [7, 11) is 0. The molecule has 1 aromatic heterocycles. The normalized spacial score (nSPS) is 11.1. The third-order valence-electron chi connectivity index (χ3n) is 4.79. The minimum absolute atomic E-state index is 0.228. The molecule has 0 spiro atoms. The largest absolute Gasteiger partial charge is 0.697 e. The smallest absolute Gasteiger partial charge is 0.416 e. The number of aromatic nitrogens is 1. The van der Waals surface area contributed by atoms with E-state index in [1.165, 1.54) is 52.4 Å². The van der Waals surface area contributed by atoms with Crippen molar-refractivity contribution in [2.45, 2.75) is 6.18 Å². The molecule has 3 nitrogen and oxygen atoms in total. The van der Waals surface area contributed by atoms with Gasteiger partial charge in [0.15, 0.2) is 0 Å². The van der Waals surface area contributed by atoms with E-state index < -0.39 is 11.7 Å². The van der Waals surface area contributed by atoms with Crippen molar-refractivity contribution in [2.75, 3.05) is 0 Å². The molecule has 1 N–H and O–H groups in total. The summed E-state index contributed by atoms with van der Waals surface area (Å²) < 4.78 is 42.2. The number of nitrogens with zero attached hydrogens (tertiary/aromatic N) is 1. The molecule has 2 aromatic carbocycles. The summed E-state index contributed by atoms with van der Waals surface area (Å²) in [6.45, 7) is 0. The third kappa shape index (κ3) is 4.98. The van der Waals surface area contributed by atoms with E-state index in [2.05, 4.69) is 65.6 Å². The molecular formula is C26H18F3N2O-. The summed E-state index contributed by atoms with van der Waals surface area (Å²) in [5.74, 6) is 0.485. The van der Waals surface area contributed by atoms with Crippen molar-refractivity contribution >= 4 is 16.5 Å². The fourth-order valence-corrected chi connectivity index (χ4v) is 3.24. The Morgan fingerprint density at radius 1 is 0.719 bits per heavy atom. The van der Waals surface area contributed by atoms with E-state index in [4.69, 9.17) is 10.5 Å². The summed E-state index contributed by atoms with van der Waals surface area (Å²) in [6.07, 6.45) is -3.07. The molecule has 0 amide bonds. The number of halogens is 3. The van der Waals surface area contributed by atoms with Crippen molar-refractivity contribution in [3.63, 3.8) is 0 Å². The lowest BCUT2D eigenvalue weighted by Gasteiger charge is -2.09. The van der Waals surface area contributed by atoms with Gasteiger partial charge in [0.1, 0.15) is 5.75 Å². The first-order chi connectivity index (χ1) is 15.4. The fourth-order valence-electron chi connectivity index (χ4n) is 3.24. The standard InChI is InChI=1S/C14H10.C12H8F3N2O/c1-2-9-13-11(5-1)6-3-7-12-8-4-10-14(12)13;13-12(14,15)8-1-4-10(5-2-8)18-11-6-3-9(16)7-17-11/h1-10H;1-7,16H/q;-1. The second kappa shape index (κ2) is 8.98. The van der Waals surface area contributed by atoms with Gasteiger partial charge in [-0.3, -0.25) is 0 Å². The molecule has 0 saturated heterocycles. The average Bonchev–Trinajstić information content (AvgIpc) is 3.17. The van der Waals surface area contributed by atoms with E-state index in [-0.39, 0.29) is 17.3 Å². The summed E-state index contributed by atoms with van der Waals surface area (Å²) in [5, 5.41) is 2.63. The van der Waals surface area contributed by atoms with E-state index >= 15 is 0 Å². The maximum Gasteiger partial charge on any atom is 0.416 e. The van der Waals surface area contributed by atoms with Crippen LogP contribution in [0, 0.1) is 0 Å². The number of rotatable bonds is 2. The number of hydrogen-bond acceptors (Lipinski definition) is 2. The quantitative estimate of drug-likeness (QED) is 0.281. The van der Waals surface area contributed by atoms with Crippen LogP contribution in [0.3, 0.4) is 0 Å². The molecule has 160 valence electrons. The van der Waals surface area contributed by atoms with Gasteiger partial charge in [0.2, 0.25) is 5.88 Å². The number of pyridine rings is 1. The highest BCUT2D eigenvalue weighted by atomic mass is 19.4. The van der Waals surface area contributed by atoms with Gasteiger partial charge in [-0.1, -0.05) is 66.7 Å². The molecular weight excluding hydrogens is 413 g/mol. The lowest BCUT2D eigenvalue weighted by atomic mass is 10.1. The summed E-state index contributed by atoms with van der Waals surface area (Å²) >= 11 is 0. The summed E-state index contributed by atoms with van der Waals surface area (Å²) in [4.78, 5) is 3.81. The molecule has 5 rings (SSSR count). The van der Waals surface area contributed by atoms with Gasteiger partial charge in [0, 0.05) is 6.20 Å². The molecule has 0 saturated carbocycles. The van der Waals surface area contributed by atoms with E-state index in [0.29, 0.717) is 0 Å². The van der Waals surface area contributed by atoms with Crippen LogP contribution < -0.4 is 4.74 Å². The van der Waals surface area contributed by atoms with Gasteiger partial charge in [-0.15, -0.1) is 5.69 Å². The van der Waals surface area contributed by atoms with Crippen molar-refractivity contribution < 1.29 is 17.9 Å². The van der Waals surface area contributed by atoms with Gasteiger partial charge in [-0.2, -0.15) is 13.2 Å². The molecule has 0 radical (unpaired) electrons. The Bertz CT molecular complexity index is 1280. The van der Waals surface area contributed by atoms with Crippen LogP contribution >= 0.6 is 0 Å². The van der Waals surface area contributed by atoms with Crippen molar-refractivity contribution in [1.29, 1.82) is 0 Å². The fraction of sp³-hybridized carbons (Fsp3) is 0.0385. The zero-order valence-electron chi connectivity index (χ0n) is 16.8. The Morgan fingerprint density at radius 3 is 2.09 bits per heavy atom. The molecule has 0 atom stereocenters. The zero-order chi connectivity index (χ0) is 22.6. The van der Waals surface area contributed by atoms with Gasteiger partial charge in [-0.05, 0) is 52.2 Å². The predicted molar refractivity (Wildman–Crippen MR) is 120 cm³/mol. The van der Waals surface area contributed by atoms with Crippen molar-refractivity contribution in [3.8, 4) is 22.8 Å². The highest BCUT2D eigenvalue weighted by Gasteiger charge is 2.30. The first-order valence-corrected chi connectivity index (χ1v) is 9.79. The zero-order valence-corrected chi connectivity index (χ0v) is 16.8. The Morgan fingerprint density at radius 2 is 1.41 bits per heavy atom. The van der Waals surface area contributed by atoms with Gasteiger partial charge in [0.05, 0.1) is 5.56 Å². The lowest BCUT2D eigenvalue weighted by molar-refractivity contribution is -0.137. The Kier molecular flexibility index (Phi) is 5.94. The van der Waals surface area contributed by atoms with Crippen molar-refractivity contribution in [3.05, 3.63) is 115 Å². The predicted octanol–water partition coefficient (Wildman–Crippen LogP) is 8.52. The number of benzene rings is 2. The summed E-state index contributed by atoms with van der Waals surface area (Å²) in [5.41, 5.74) is 9.37. The van der Waals surface area contributed by atoms with Crippen LogP contribution in [0.4, 0.5) is 18.9 Å². The second-order valence-electron chi connectivity index (χ2n) is 7.02. The van der Waals surface area contributed by atoms with Crippen LogP contribution in [0.15, 0.2) is 103 Å². The van der Waals surface area contributed by atoms with Crippen LogP contribution in [-0.4, -0.2) is 4.98 Å². The van der Waals surface area contributed by atoms with E-state index in [1.54, 1.807) is 0 Å². The van der Waals surface area contributed by atoms with E-state index in [1.807, 2.05) is 0 Å². The minimum atomic E-state index is -4.36. The second-order valence-corrected chi connectivity index (χ2v) is 7.02. The average molecular weight is 431 g/mol. The third-order valence-corrected chi connectivity index (χ3v) is 4.79. The molecule has 0 bridgehead atoms. The van der Waals surface area contributed by atoms with Gasteiger partial charge in [-0.25, -0.2) is 4.98 Å². The van der Waals surface area contributed by atoms with Gasteiger partial charge >= 0.3 is 6.18 Å². The molecule has 32 heavy (non-hydrogen) atoms. The topological polar surface area (TPSA) is 45.9 Å². The Balaban J connectivity index is 0.000000157. The molecule has 6 heteroatoms. The highest BCUT2D eigenvalue weighted by molar-refractivity contribution is 5.96. The van der Waals surface area contributed by atoms with E-state index in [0.717, 1.165) is 12.1 Å². The minimum Gasteiger partial charge on any atom is -0.697 e. The maximum absolute atomic E-state index is 12.3.